The van der Waals surface area contributed by atoms with Gasteiger partial charge in [0.15, 0.2) is 11.6 Å². The lowest BCUT2D eigenvalue weighted by molar-refractivity contribution is 0.0734. The molecule has 0 bridgehead atoms. The van der Waals surface area contributed by atoms with Crippen LogP contribution in [0.5, 0.6) is 5.75 Å². The lowest BCUT2D eigenvalue weighted by Gasteiger charge is -2.07. The largest absolute Gasteiger partial charge is 0.423 e. The molecule has 0 amide bonds. The highest BCUT2D eigenvalue weighted by Crippen LogP contribution is 2.27. The topological polar surface area (TPSA) is 38.7 Å². The predicted octanol–water partition coefficient (Wildman–Crippen LogP) is 4.93. The fourth-order valence-corrected chi connectivity index (χ4v) is 2.04. The third-order valence-corrected chi connectivity index (χ3v) is 3.24. The Morgan fingerprint density at radius 1 is 1.17 bits per heavy atom. The van der Waals surface area contributed by atoms with Crippen molar-refractivity contribution in [3.63, 3.8) is 0 Å². The molecule has 0 atom stereocenters. The van der Waals surface area contributed by atoms with Gasteiger partial charge in [0.25, 0.3) is 0 Å². The Bertz CT molecular complexity index is 747. The van der Waals surface area contributed by atoms with Crippen LogP contribution < -0.4 is 4.74 Å². The number of esters is 1. The average molecular weight is 333 g/mol. The number of carbonyl (C=O) groups excluding carboxylic acids is 1. The first-order valence-electron chi connectivity index (χ1n) is 7.07. The normalized spacial score (nSPS) is 10.8. The zero-order chi connectivity index (χ0) is 17.5. The van der Waals surface area contributed by atoms with Gasteiger partial charge in [0.2, 0.25) is 0 Å². The maximum absolute atomic E-state index is 13.6. The van der Waals surface area contributed by atoms with E-state index in [0.717, 1.165) is 17.7 Å². The number of nitrogens with zero attached hydrogens (tertiary/aromatic N) is 1. The van der Waals surface area contributed by atoms with E-state index in [1.165, 1.54) is 18.2 Å². The quantitative estimate of drug-likeness (QED) is 0.427. The molecule has 0 aromatic heterocycles. The summed E-state index contributed by atoms with van der Waals surface area (Å²) in [4.78, 5) is 15.2. The molecule has 0 N–H and O–H groups in total. The monoisotopic (exact) mass is 333 g/mol. The Morgan fingerprint density at radius 2 is 1.79 bits per heavy atom. The number of benzene rings is 2. The van der Waals surface area contributed by atoms with E-state index >= 15 is 0 Å². The van der Waals surface area contributed by atoms with Gasteiger partial charge in [-0.3, -0.25) is 4.99 Å². The maximum atomic E-state index is 13.6. The minimum Gasteiger partial charge on any atom is -0.423 e. The summed E-state index contributed by atoms with van der Waals surface area (Å²) in [6, 6.07) is 8.20. The van der Waals surface area contributed by atoms with Gasteiger partial charge in [0.1, 0.15) is 11.4 Å². The van der Waals surface area contributed by atoms with Gasteiger partial charge in [-0.1, -0.05) is 18.2 Å². The first kappa shape index (κ1) is 17.5. The molecule has 0 radical (unpaired) electrons. The van der Waals surface area contributed by atoms with Gasteiger partial charge in [0.05, 0.1) is 11.9 Å². The fourth-order valence-electron chi connectivity index (χ4n) is 2.04. The van der Waals surface area contributed by atoms with Crippen LogP contribution in [0.1, 0.15) is 22.3 Å². The van der Waals surface area contributed by atoms with Crippen LogP contribution in [0.2, 0.25) is 0 Å². The molecule has 0 aliphatic carbocycles. The van der Waals surface area contributed by atoms with Crippen molar-refractivity contribution >= 4 is 18.4 Å². The zero-order valence-corrected chi connectivity index (χ0v) is 12.6. The summed E-state index contributed by atoms with van der Waals surface area (Å²) in [6.45, 7) is 3.06. The van der Waals surface area contributed by atoms with Gasteiger partial charge in [-0.2, -0.15) is 0 Å². The smallest absolute Gasteiger partial charge is 0.343 e. The van der Waals surface area contributed by atoms with Gasteiger partial charge < -0.3 is 4.74 Å². The highest BCUT2D eigenvalue weighted by atomic mass is 19.1. The lowest BCUT2D eigenvalue weighted by Crippen LogP contribution is -2.09. The highest BCUT2D eigenvalue weighted by Gasteiger charge is 2.14. The molecule has 0 fully saturated rings. The van der Waals surface area contributed by atoms with Crippen LogP contribution in [0.25, 0.3) is 0 Å². The predicted molar refractivity (Wildman–Crippen MR) is 85.5 cm³/mol. The Kier molecular flexibility index (Phi) is 5.89. The number of allylic oxidation sites excluding steroid dienone is 1. The number of ether oxygens (including phenoxy) is 1. The van der Waals surface area contributed by atoms with E-state index in [2.05, 4.69) is 11.7 Å². The zero-order valence-electron chi connectivity index (χ0n) is 12.6. The second-order valence-electron chi connectivity index (χ2n) is 4.88. The van der Waals surface area contributed by atoms with Gasteiger partial charge in [-0.25, -0.2) is 18.0 Å². The Labute approximate surface area is 137 Å². The minimum atomic E-state index is -0.968. The lowest BCUT2D eigenvalue weighted by atomic mass is 10.1. The Hall–Kier alpha value is -2.89. The molecule has 0 unspecified atom stereocenters. The molecule has 0 saturated heterocycles. The molecule has 2 aromatic carbocycles. The highest BCUT2D eigenvalue weighted by molar-refractivity contribution is 5.91. The molecule has 24 heavy (non-hydrogen) atoms. The van der Waals surface area contributed by atoms with E-state index in [1.54, 1.807) is 12.1 Å². The van der Waals surface area contributed by atoms with Crippen LogP contribution in [0.3, 0.4) is 0 Å². The molecular weight excluding hydrogens is 319 g/mol. The standard InChI is InChI=1S/C18H14F3NO2/c1-22-17-15(20)10-14(11-16(17)21)24-18(23)13-7-5-12(6-8-13)4-2-3-9-19/h3,5-11H,1-2,4H2/b9-3+. The van der Waals surface area contributed by atoms with Gasteiger partial charge in [-0.15, -0.1) is 0 Å². The molecule has 0 spiro atoms. The first-order chi connectivity index (χ1) is 11.5. The van der Waals surface area contributed by atoms with E-state index in [1.807, 2.05) is 0 Å². The summed E-state index contributed by atoms with van der Waals surface area (Å²) in [7, 11) is 0. The summed E-state index contributed by atoms with van der Waals surface area (Å²) in [6.07, 6.45) is 3.05. The molecular formula is C18H14F3NO2. The molecule has 0 saturated carbocycles. The number of halogens is 3. The second kappa shape index (κ2) is 8.10. The Balaban J connectivity index is 2.08. The van der Waals surface area contributed by atoms with E-state index in [0.29, 0.717) is 19.2 Å². The molecule has 2 aromatic rings. The van der Waals surface area contributed by atoms with Crippen LogP contribution in [-0.4, -0.2) is 12.7 Å². The number of rotatable bonds is 6. The van der Waals surface area contributed by atoms with Gasteiger partial charge >= 0.3 is 5.97 Å². The van der Waals surface area contributed by atoms with Crippen molar-refractivity contribution in [2.75, 3.05) is 0 Å². The number of hydrogen-bond donors (Lipinski definition) is 0. The molecule has 3 nitrogen and oxygen atoms in total. The summed E-state index contributed by atoms with van der Waals surface area (Å²) in [5.74, 6) is -2.95. The number of aryl methyl sites for hydroxylation is 1. The summed E-state index contributed by atoms with van der Waals surface area (Å²) >= 11 is 0. The van der Waals surface area contributed by atoms with Gasteiger partial charge in [-0.05, 0) is 37.3 Å². The molecule has 0 aliphatic rings. The first-order valence-corrected chi connectivity index (χ1v) is 7.07. The third kappa shape index (κ3) is 4.32. The summed E-state index contributed by atoms with van der Waals surface area (Å²) in [5.41, 5.74) is 0.621. The second-order valence-corrected chi connectivity index (χ2v) is 4.88. The summed E-state index contributed by atoms with van der Waals surface area (Å²) in [5, 5.41) is 0. The van der Waals surface area contributed by atoms with Crippen molar-refractivity contribution in [2.45, 2.75) is 12.8 Å². The minimum absolute atomic E-state index is 0.228. The third-order valence-electron chi connectivity index (χ3n) is 3.24. The van der Waals surface area contributed by atoms with Crippen LogP contribution in [0.15, 0.2) is 53.8 Å². The van der Waals surface area contributed by atoms with Crippen LogP contribution in [0, 0.1) is 11.6 Å². The summed E-state index contributed by atoms with van der Waals surface area (Å²) < 4.78 is 44.0. The SMILES string of the molecule is C=Nc1c(F)cc(OC(=O)c2ccc(CC/C=C/F)cc2)cc1F. The fraction of sp³-hybridized carbons (Fsp3) is 0.111. The number of hydrogen-bond acceptors (Lipinski definition) is 3. The van der Waals surface area contributed by atoms with E-state index in [4.69, 9.17) is 4.74 Å². The van der Waals surface area contributed by atoms with Crippen LogP contribution in [-0.2, 0) is 6.42 Å². The molecule has 2 rings (SSSR count). The van der Waals surface area contributed by atoms with Crippen molar-refractivity contribution in [2.24, 2.45) is 4.99 Å². The maximum Gasteiger partial charge on any atom is 0.343 e. The van der Waals surface area contributed by atoms with Crippen molar-refractivity contribution in [1.82, 2.24) is 0 Å². The Morgan fingerprint density at radius 3 is 2.33 bits per heavy atom. The van der Waals surface area contributed by atoms with Crippen LogP contribution in [0.4, 0.5) is 18.9 Å². The van der Waals surface area contributed by atoms with Crippen molar-refractivity contribution in [3.8, 4) is 5.75 Å². The van der Waals surface area contributed by atoms with E-state index < -0.39 is 23.3 Å². The number of aliphatic imine (C=N–C) groups is 1. The van der Waals surface area contributed by atoms with E-state index in [-0.39, 0.29) is 11.3 Å². The average Bonchev–Trinajstić information content (AvgIpc) is 2.55. The van der Waals surface area contributed by atoms with Crippen molar-refractivity contribution < 1.29 is 22.7 Å². The van der Waals surface area contributed by atoms with E-state index in [9.17, 15) is 18.0 Å². The molecule has 6 heteroatoms. The van der Waals surface area contributed by atoms with Crippen LogP contribution >= 0.6 is 0 Å². The van der Waals surface area contributed by atoms with Gasteiger partial charge in [0, 0.05) is 12.1 Å². The number of carbonyl (C=O) groups is 1. The molecule has 0 aliphatic heterocycles. The van der Waals surface area contributed by atoms with Crippen molar-refractivity contribution in [3.05, 3.63) is 71.6 Å². The van der Waals surface area contributed by atoms with Crippen molar-refractivity contribution in [1.29, 1.82) is 0 Å². The molecule has 0 heterocycles. The molecule has 124 valence electrons.